The summed E-state index contributed by atoms with van der Waals surface area (Å²) in [4.78, 5) is 17.5. The number of hydrogen-bond donors (Lipinski definition) is 1. The molecule has 1 fully saturated rings. The molecule has 0 spiro atoms. The van der Waals surface area contributed by atoms with Gasteiger partial charge in [-0.2, -0.15) is 0 Å². The second-order valence-corrected chi connectivity index (χ2v) is 10.4. The fourth-order valence-electron chi connectivity index (χ4n) is 4.62. The van der Waals surface area contributed by atoms with Crippen molar-refractivity contribution >= 4 is 33.5 Å². The summed E-state index contributed by atoms with van der Waals surface area (Å²) in [6, 6.07) is 4.51. The van der Waals surface area contributed by atoms with Crippen LogP contribution >= 0.6 is 27.7 Å². The van der Waals surface area contributed by atoms with Gasteiger partial charge in [-0.15, -0.1) is 0 Å². The predicted octanol–water partition coefficient (Wildman–Crippen LogP) is 4.70. The fraction of sp³-hybridized carbons (Fsp3) is 0.522. The van der Waals surface area contributed by atoms with Crippen molar-refractivity contribution in [3.63, 3.8) is 0 Å². The van der Waals surface area contributed by atoms with Crippen molar-refractivity contribution in [2.75, 3.05) is 32.0 Å². The zero-order valence-electron chi connectivity index (χ0n) is 18.8. The number of fused-ring (bicyclic) bond motifs is 2. The van der Waals surface area contributed by atoms with Crippen LogP contribution in [0.1, 0.15) is 39.0 Å². The quantitative estimate of drug-likeness (QED) is 0.468. The number of nitrogens with two attached hydrogens (primary N) is 1. The Morgan fingerprint density at radius 1 is 1.15 bits per heavy atom. The van der Waals surface area contributed by atoms with Crippen molar-refractivity contribution in [3.8, 4) is 23.0 Å². The molecule has 2 N–H and O–H groups in total. The average Bonchev–Trinajstić information content (AvgIpc) is 3.25. The molecule has 176 valence electrons. The van der Waals surface area contributed by atoms with Gasteiger partial charge in [-0.25, -0.2) is 15.0 Å². The van der Waals surface area contributed by atoms with E-state index in [-0.39, 0.29) is 0 Å². The highest BCUT2D eigenvalue weighted by Gasteiger charge is 2.24. The summed E-state index contributed by atoms with van der Waals surface area (Å²) in [5, 5.41) is 0.640. The molecule has 0 radical (unpaired) electrons. The first-order chi connectivity index (χ1) is 16.1. The van der Waals surface area contributed by atoms with Crippen molar-refractivity contribution in [2.24, 2.45) is 0 Å². The third-order valence-corrected chi connectivity index (χ3v) is 8.07. The molecule has 0 amide bonds. The summed E-state index contributed by atoms with van der Waals surface area (Å²) in [6.45, 7) is 6.60. The van der Waals surface area contributed by atoms with Gasteiger partial charge in [0.2, 0.25) is 0 Å². The molecule has 1 unspecified atom stereocenters. The van der Waals surface area contributed by atoms with Crippen molar-refractivity contribution < 1.29 is 9.47 Å². The van der Waals surface area contributed by atoms with Crippen LogP contribution in [0.15, 0.2) is 33.0 Å². The SMILES string of the molecule is CCCN1CCCCC1CCn1cnc(N)c2nc(Sc3cc4c(cc3Br)OCCO4)nc1-2. The molecule has 5 rings (SSSR count). The third-order valence-electron chi connectivity index (χ3n) is 6.23. The van der Waals surface area contributed by atoms with Gasteiger partial charge in [0.15, 0.2) is 34.0 Å². The monoisotopic (exact) mass is 532 g/mol. The highest BCUT2D eigenvalue weighted by Crippen LogP contribution is 2.42. The zero-order valence-corrected chi connectivity index (χ0v) is 21.2. The molecule has 1 saturated heterocycles. The number of imidazole rings is 1. The number of nitrogens with zero attached hydrogens (tertiary/aromatic N) is 5. The molecule has 10 heteroatoms. The van der Waals surface area contributed by atoms with Gasteiger partial charge in [0.1, 0.15) is 13.2 Å². The van der Waals surface area contributed by atoms with Crippen molar-refractivity contribution in [3.05, 3.63) is 22.9 Å². The van der Waals surface area contributed by atoms with Crippen LogP contribution in [0.25, 0.3) is 11.5 Å². The second-order valence-electron chi connectivity index (χ2n) is 8.50. The van der Waals surface area contributed by atoms with Gasteiger partial charge in [0.05, 0.1) is 6.33 Å². The van der Waals surface area contributed by atoms with E-state index in [1.54, 1.807) is 6.33 Å². The van der Waals surface area contributed by atoms with Gasteiger partial charge in [-0.05, 0) is 78.6 Å². The minimum absolute atomic E-state index is 0.409. The molecule has 0 aromatic heterocycles. The van der Waals surface area contributed by atoms with Crippen LogP contribution in [-0.4, -0.2) is 56.8 Å². The summed E-state index contributed by atoms with van der Waals surface area (Å²) >= 11 is 5.11. The van der Waals surface area contributed by atoms with E-state index in [1.807, 2.05) is 12.1 Å². The van der Waals surface area contributed by atoms with Crippen molar-refractivity contribution in [1.29, 1.82) is 0 Å². The smallest absolute Gasteiger partial charge is 0.195 e. The van der Waals surface area contributed by atoms with Crippen LogP contribution in [-0.2, 0) is 6.54 Å². The van der Waals surface area contributed by atoms with E-state index in [2.05, 4.69) is 37.3 Å². The molecule has 0 aliphatic carbocycles. The summed E-state index contributed by atoms with van der Waals surface area (Å²) in [5.41, 5.74) is 6.82. The lowest BCUT2D eigenvalue weighted by Gasteiger charge is -2.35. The number of hydrogen-bond acceptors (Lipinski definition) is 8. The topological polar surface area (TPSA) is 91.3 Å². The van der Waals surface area contributed by atoms with Gasteiger partial charge >= 0.3 is 0 Å². The molecule has 8 nitrogen and oxygen atoms in total. The Balaban J connectivity index is 1.36. The maximum Gasteiger partial charge on any atom is 0.195 e. The molecule has 33 heavy (non-hydrogen) atoms. The lowest BCUT2D eigenvalue weighted by atomic mass is 9.99. The number of aryl methyl sites for hydroxylation is 1. The first kappa shape index (κ1) is 22.7. The maximum absolute atomic E-state index is 6.16. The first-order valence-electron chi connectivity index (χ1n) is 11.6. The molecule has 1 aromatic carbocycles. The Morgan fingerprint density at radius 2 is 1.97 bits per heavy atom. The van der Waals surface area contributed by atoms with E-state index in [1.165, 1.54) is 50.5 Å². The maximum atomic E-state index is 6.16. The first-order valence-corrected chi connectivity index (χ1v) is 13.2. The number of aromatic nitrogens is 4. The minimum Gasteiger partial charge on any atom is -0.486 e. The minimum atomic E-state index is 0.409. The molecular formula is C23H29BrN6O2S. The van der Waals surface area contributed by atoms with E-state index in [0.717, 1.165) is 39.7 Å². The second kappa shape index (κ2) is 10.1. The average molecular weight is 533 g/mol. The lowest BCUT2D eigenvalue weighted by Crippen LogP contribution is -2.40. The van der Waals surface area contributed by atoms with Gasteiger partial charge in [-0.3, -0.25) is 0 Å². The van der Waals surface area contributed by atoms with Crippen molar-refractivity contribution in [1.82, 2.24) is 24.4 Å². The highest BCUT2D eigenvalue weighted by atomic mass is 79.9. The molecular weight excluding hydrogens is 504 g/mol. The normalized spacial score (nSPS) is 18.7. The van der Waals surface area contributed by atoms with Gasteiger partial charge in [-0.1, -0.05) is 13.3 Å². The number of benzene rings is 1. The summed E-state index contributed by atoms with van der Waals surface area (Å²) in [5.74, 6) is 2.68. The Kier molecular flexibility index (Phi) is 6.94. The number of ether oxygens (including phenoxy) is 2. The van der Waals surface area contributed by atoms with E-state index < -0.39 is 0 Å². The van der Waals surface area contributed by atoms with Crippen LogP contribution < -0.4 is 15.2 Å². The van der Waals surface area contributed by atoms with E-state index in [0.29, 0.717) is 35.9 Å². The van der Waals surface area contributed by atoms with Crippen LogP contribution in [0.5, 0.6) is 11.5 Å². The summed E-state index contributed by atoms with van der Waals surface area (Å²) < 4.78 is 14.4. The van der Waals surface area contributed by atoms with Crippen LogP contribution in [0.4, 0.5) is 5.82 Å². The standard InChI is InChI=1S/C23H29BrN6O2S/c1-2-7-29-8-4-3-5-15(29)6-9-30-14-26-21(25)20-22(30)28-23(27-20)33-19-13-18-17(12-16(19)24)31-10-11-32-18/h12-15H,2-11,25H2,1H3. The van der Waals surface area contributed by atoms with Gasteiger partial charge < -0.3 is 24.7 Å². The molecule has 4 aliphatic rings. The Labute approximate surface area is 206 Å². The van der Waals surface area contributed by atoms with Crippen LogP contribution in [0, 0.1) is 0 Å². The Hall–Kier alpha value is -2.04. The molecule has 0 saturated carbocycles. The molecule has 1 atom stereocenters. The van der Waals surface area contributed by atoms with E-state index in [4.69, 9.17) is 25.2 Å². The predicted molar refractivity (Wildman–Crippen MR) is 132 cm³/mol. The molecule has 0 bridgehead atoms. The number of nitrogen functional groups attached to an aromatic ring is 1. The summed E-state index contributed by atoms with van der Waals surface area (Å²) in [7, 11) is 0. The number of anilines is 1. The highest BCUT2D eigenvalue weighted by molar-refractivity contribution is 9.10. The lowest BCUT2D eigenvalue weighted by molar-refractivity contribution is 0.136. The molecule has 4 heterocycles. The fourth-order valence-corrected chi connectivity index (χ4v) is 5.98. The molecule has 1 aromatic rings. The Bertz CT molecular complexity index is 1090. The third kappa shape index (κ3) is 4.93. The van der Waals surface area contributed by atoms with Crippen molar-refractivity contribution in [2.45, 2.75) is 61.7 Å². The van der Waals surface area contributed by atoms with Gasteiger partial charge in [0.25, 0.3) is 0 Å². The summed E-state index contributed by atoms with van der Waals surface area (Å²) in [6.07, 6.45) is 7.95. The number of piperidine rings is 1. The van der Waals surface area contributed by atoms with Crippen LogP contribution in [0.2, 0.25) is 0 Å². The zero-order chi connectivity index (χ0) is 22.8. The van der Waals surface area contributed by atoms with Gasteiger partial charge in [0, 0.05) is 22.0 Å². The van der Waals surface area contributed by atoms with E-state index >= 15 is 0 Å². The Morgan fingerprint density at radius 3 is 2.79 bits per heavy atom. The number of likely N-dealkylation sites (tertiary alicyclic amines) is 1. The van der Waals surface area contributed by atoms with Crippen LogP contribution in [0.3, 0.4) is 0 Å². The molecule has 4 aliphatic heterocycles. The van der Waals surface area contributed by atoms with E-state index in [9.17, 15) is 0 Å². The largest absolute Gasteiger partial charge is 0.486 e. The number of rotatable bonds is 7. The number of halogens is 1.